The number of nitrogens with zero attached hydrogens (tertiary/aromatic N) is 4. The van der Waals surface area contributed by atoms with Gasteiger partial charge in [0, 0.05) is 37.3 Å². The highest BCUT2D eigenvalue weighted by molar-refractivity contribution is 7.15. The van der Waals surface area contributed by atoms with Crippen molar-refractivity contribution in [2.45, 2.75) is 19.1 Å². The molecule has 21 heavy (non-hydrogen) atoms. The van der Waals surface area contributed by atoms with Gasteiger partial charge >= 0.3 is 0 Å². The molecule has 2 N–H and O–H groups in total. The van der Waals surface area contributed by atoms with Crippen LogP contribution in [-0.2, 0) is 11.3 Å². The normalized spacial score (nSPS) is 18.3. The van der Waals surface area contributed by atoms with Crippen molar-refractivity contribution >= 4 is 22.2 Å². The fourth-order valence-electron chi connectivity index (χ4n) is 2.41. The van der Waals surface area contributed by atoms with Gasteiger partial charge in [0.1, 0.15) is 0 Å². The highest BCUT2D eigenvalue weighted by Gasteiger charge is 2.22. The molecule has 7 nitrogen and oxygen atoms in total. The van der Waals surface area contributed by atoms with Gasteiger partial charge in [0.15, 0.2) is 5.13 Å². The molecule has 1 atom stereocenters. The number of rotatable bonds is 4. The van der Waals surface area contributed by atoms with Crippen molar-refractivity contribution in [3.05, 3.63) is 33.7 Å². The van der Waals surface area contributed by atoms with E-state index in [2.05, 4.69) is 15.0 Å². The maximum absolute atomic E-state index is 12.2. The summed E-state index contributed by atoms with van der Waals surface area (Å²) < 4.78 is 6.75. The first kappa shape index (κ1) is 14.0. The second-order valence-corrected chi connectivity index (χ2v) is 6.11. The van der Waals surface area contributed by atoms with Crippen molar-refractivity contribution < 1.29 is 4.74 Å². The molecule has 0 bridgehead atoms. The zero-order chi connectivity index (χ0) is 14.8. The molecule has 0 radical (unpaired) electrons. The molecular formula is C13H17N5O2S. The van der Waals surface area contributed by atoms with Crippen molar-refractivity contribution in [1.82, 2.24) is 14.8 Å². The molecule has 112 valence electrons. The number of nitrogen functional groups attached to an aromatic ring is 1. The molecule has 0 saturated carbocycles. The fourth-order valence-corrected chi connectivity index (χ4v) is 3.08. The van der Waals surface area contributed by atoms with Crippen LogP contribution in [0, 0.1) is 0 Å². The summed E-state index contributed by atoms with van der Waals surface area (Å²) in [4.78, 5) is 19.2. The van der Waals surface area contributed by atoms with Crippen LogP contribution in [0.2, 0.25) is 0 Å². The molecule has 0 spiro atoms. The Kier molecular flexibility index (Phi) is 3.89. The van der Waals surface area contributed by atoms with E-state index in [9.17, 15) is 4.79 Å². The van der Waals surface area contributed by atoms with Gasteiger partial charge in [0.2, 0.25) is 0 Å². The molecule has 0 aromatic carbocycles. The van der Waals surface area contributed by atoms with Gasteiger partial charge in [-0.25, -0.2) is 9.67 Å². The predicted octanol–water partition coefficient (Wildman–Crippen LogP) is 0.555. The second kappa shape index (κ2) is 5.82. The van der Waals surface area contributed by atoms with Crippen LogP contribution >= 0.6 is 11.3 Å². The van der Waals surface area contributed by atoms with Crippen molar-refractivity contribution in [2.24, 2.45) is 0 Å². The van der Waals surface area contributed by atoms with Crippen LogP contribution in [0.25, 0.3) is 0 Å². The molecule has 1 aliphatic heterocycles. The van der Waals surface area contributed by atoms with E-state index in [4.69, 9.17) is 10.5 Å². The molecule has 3 heterocycles. The zero-order valence-corrected chi connectivity index (χ0v) is 12.5. The van der Waals surface area contributed by atoms with Gasteiger partial charge in [-0.2, -0.15) is 5.10 Å². The summed E-state index contributed by atoms with van der Waals surface area (Å²) in [6, 6.07) is 1.62. The highest BCUT2D eigenvalue weighted by atomic mass is 32.1. The molecule has 0 aliphatic carbocycles. The van der Waals surface area contributed by atoms with Crippen LogP contribution in [0.1, 0.15) is 11.3 Å². The number of hydrogen-bond acceptors (Lipinski definition) is 7. The molecule has 1 saturated heterocycles. The minimum absolute atomic E-state index is 0.125. The van der Waals surface area contributed by atoms with Crippen LogP contribution in [0.4, 0.5) is 10.8 Å². The number of ether oxygens (including phenoxy) is 1. The van der Waals surface area contributed by atoms with Crippen LogP contribution in [0.15, 0.2) is 23.3 Å². The summed E-state index contributed by atoms with van der Waals surface area (Å²) >= 11 is 1.36. The standard InChI is InChI=1S/C13H17N5O2S/c1-20-10-2-3-17(7-10)9-4-12(19)18(16-5-9)8-11-6-15-13(14)21-11/h4-6,10H,2-3,7-8H2,1H3,(H2,14,15). The van der Waals surface area contributed by atoms with Crippen LogP contribution in [0.3, 0.4) is 0 Å². The third kappa shape index (κ3) is 3.06. The largest absolute Gasteiger partial charge is 0.380 e. The van der Waals surface area contributed by atoms with Gasteiger partial charge < -0.3 is 15.4 Å². The number of aromatic nitrogens is 3. The number of methoxy groups -OCH3 is 1. The van der Waals surface area contributed by atoms with Crippen LogP contribution in [-0.4, -0.2) is 41.1 Å². The zero-order valence-electron chi connectivity index (χ0n) is 11.7. The van der Waals surface area contributed by atoms with E-state index in [-0.39, 0.29) is 11.7 Å². The lowest BCUT2D eigenvalue weighted by Crippen LogP contribution is -2.27. The Bertz CT molecular complexity index is 683. The molecule has 3 rings (SSSR count). The molecule has 1 unspecified atom stereocenters. The van der Waals surface area contributed by atoms with E-state index in [1.165, 1.54) is 16.0 Å². The number of thiazole rings is 1. The molecule has 8 heteroatoms. The van der Waals surface area contributed by atoms with Crippen LogP contribution < -0.4 is 16.2 Å². The smallest absolute Gasteiger partial charge is 0.269 e. The van der Waals surface area contributed by atoms with E-state index in [1.54, 1.807) is 25.6 Å². The Balaban J connectivity index is 1.75. The Labute approximate surface area is 126 Å². The van der Waals surface area contributed by atoms with E-state index in [1.807, 2.05) is 0 Å². The predicted molar refractivity (Wildman–Crippen MR) is 81.8 cm³/mol. The lowest BCUT2D eigenvalue weighted by atomic mass is 10.3. The van der Waals surface area contributed by atoms with Gasteiger partial charge in [-0.15, -0.1) is 11.3 Å². The first-order valence-electron chi connectivity index (χ1n) is 6.71. The first-order valence-corrected chi connectivity index (χ1v) is 7.52. The third-order valence-electron chi connectivity index (χ3n) is 3.58. The summed E-state index contributed by atoms with van der Waals surface area (Å²) in [5.74, 6) is 0. The maximum atomic E-state index is 12.2. The summed E-state index contributed by atoms with van der Waals surface area (Å²) in [5.41, 5.74) is 6.31. The Morgan fingerprint density at radius 2 is 2.38 bits per heavy atom. The number of nitrogens with two attached hydrogens (primary N) is 1. The average Bonchev–Trinajstić information content (AvgIpc) is 3.10. The van der Waals surface area contributed by atoms with Crippen molar-refractivity contribution in [2.75, 3.05) is 30.8 Å². The van der Waals surface area contributed by atoms with Crippen molar-refractivity contribution in [3.8, 4) is 0 Å². The maximum Gasteiger partial charge on any atom is 0.269 e. The van der Waals surface area contributed by atoms with Gasteiger partial charge in [0.25, 0.3) is 5.56 Å². The summed E-state index contributed by atoms with van der Waals surface area (Å²) in [5, 5.41) is 4.74. The molecule has 2 aromatic rings. The monoisotopic (exact) mass is 307 g/mol. The molecule has 2 aromatic heterocycles. The molecule has 1 fully saturated rings. The topological polar surface area (TPSA) is 86.3 Å². The Morgan fingerprint density at radius 3 is 3.00 bits per heavy atom. The lowest BCUT2D eigenvalue weighted by Gasteiger charge is -2.17. The SMILES string of the molecule is COC1CCN(c2cnn(Cc3cnc(N)s3)c(=O)c2)C1. The number of anilines is 2. The molecule has 1 aliphatic rings. The summed E-state index contributed by atoms with van der Waals surface area (Å²) in [7, 11) is 1.71. The minimum Gasteiger partial charge on any atom is -0.380 e. The van der Waals surface area contributed by atoms with E-state index >= 15 is 0 Å². The minimum atomic E-state index is -0.125. The third-order valence-corrected chi connectivity index (χ3v) is 4.39. The van der Waals surface area contributed by atoms with Gasteiger partial charge in [-0.05, 0) is 6.42 Å². The van der Waals surface area contributed by atoms with Crippen molar-refractivity contribution in [1.29, 1.82) is 0 Å². The summed E-state index contributed by atoms with van der Waals surface area (Å²) in [6.07, 6.45) is 4.60. The van der Waals surface area contributed by atoms with Gasteiger partial charge in [-0.1, -0.05) is 0 Å². The quantitative estimate of drug-likeness (QED) is 0.888. The highest BCUT2D eigenvalue weighted by Crippen LogP contribution is 2.19. The lowest BCUT2D eigenvalue weighted by molar-refractivity contribution is 0.121. The fraction of sp³-hybridized carbons (Fsp3) is 0.462. The summed E-state index contributed by atoms with van der Waals surface area (Å²) in [6.45, 7) is 2.08. The van der Waals surface area contributed by atoms with E-state index in [0.717, 1.165) is 30.1 Å². The van der Waals surface area contributed by atoms with Gasteiger partial charge in [-0.3, -0.25) is 4.79 Å². The molecule has 0 amide bonds. The van der Waals surface area contributed by atoms with Crippen molar-refractivity contribution in [3.63, 3.8) is 0 Å². The van der Waals surface area contributed by atoms with Crippen LogP contribution in [0.5, 0.6) is 0 Å². The molecular weight excluding hydrogens is 290 g/mol. The number of hydrogen-bond donors (Lipinski definition) is 1. The second-order valence-electron chi connectivity index (χ2n) is 4.97. The Hall–Kier alpha value is -1.93. The Morgan fingerprint density at radius 1 is 1.52 bits per heavy atom. The first-order chi connectivity index (χ1) is 10.2. The van der Waals surface area contributed by atoms with Gasteiger partial charge in [0.05, 0.1) is 24.5 Å². The average molecular weight is 307 g/mol. The van der Waals surface area contributed by atoms with E-state index < -0.39 is 0 Å². The van der Waals surface area contributed by atoms with E-state index in [0.29, 0.717) is 11.7 Å².